The van der Waals surface area contributed by atoms with Crippen molar-refractivity contribution in [3.8, 4) is 0 Å². The third-order valence-electron chi connectivity index (χ3n) is 6.16. The van der Waals surface area contributed by atoms with Gasteiger partial charge in [-0.05, 0) is 17.9 Å². The normalized spacial score (nSPS) is 28.4. The number of anilines is 2. The van der Waals surface area contributed by atoms with Crippen molar-refractivity contribution in [2.24, 2.45) is 0 Å². The van der Waals surface area contributed by atoms with Crippen molar-refractivity contribution < 1.29 is 33.6 Å². The molecule has 3 aromatic heterocycles. The minimum atomic E-state index is -3.91. The van der Waals surface area contributed by atoms with Crippen LogP contribution >= 0.6 is 6.72 Å². The summed E-state index contributed by atoms with van der Waals surface area (Å²) in [7, 11) is 0. The van der Waals surface area contributed by atoms with Gasteiger partial charge in [0.25, 0.3) is 5.56 Å². The molecule has 17 nitrogen and oxygen atoms in total. The second-order valence-corrected chi connectivity index (χ2v) is 11.5. The zero-order chi connectivity index (χ0) is 27.2. The number of hydrogen-bond donors (Lipinski definition) is 6. The van der Waals surface area contributed by atoms with Crippen molar-refractivity contribution >= 4 is 71.0 Å². The number of aromatic amines is 1. The first kappa shape index (κ1) is 30.2. The molecule has 0 spiro atoms. The minimum absolute atomic E-state index is 0. The molecule has 1 unspecified atom stereocenters. The number of aliphatic hydroxyl groups excluding tert-OH is 2. The Kier molecular flexibility index (Phi) is 9.26. The van der Waals surface area contributed by atoms with Gasteiger partial charge in [-0.3, -0.25) is 18.9 Å². The van der Waals surface area contributed by atoms with Gasteiger partial charge in [-0.2, -0.15) is 9.97 Å². The number of imidazole rings is 1. The number of ether oxygens (including phenoxy) is 2. The van der Waals surface area contributed by atoms with Gasteiger partial charge in [0.15, 0.2) is 11.2 Å². The van der Waals surface area contributed by atoms with Crippen LogP contribution in [0.5, 0.6) is 0 Å². The number of H-pyrrole nitrogens is 1. The van der Waals surface area contributed by atoms with Crippen LogP contribution in [-0.2, 0) is 30.3 Å². The van der Waals surface area contributed by atoms with Gasteiger partial charge in [0.2, 0.25) is 5.95 Å². The monoisotopic (exact) mass is 595 g/mol. The van der Waals surface area contributed by atoms with E-state index in [1.54, 1.807) is 0 Å². The Morgan fingerprint density at radius 2 is 1.90 bits per heavy atom. The molecule has 39 heavy (non-hydrogen) atoms. The van der Waals surface area contributed by atoms with Crippen molar-refractivity contribution in [1.82, 2.24) is 29.1 Å². The molecule has 0 bridgehead atoms. The second-order valence-electron chi connectivity index (χ2n) is 8.71. The number of nitrogen functional groups attached to an aromatic ring is 2. The van der Waals surface area contributed by atoms with Crippen molar-refractivity contribution in [3.05, 3.63) is 39.4 Å². The van der Waals surface area contributed by atoms with Crippen LogP contribution in [0.4, 0.5) is 11.8 Å². The van der Waals surface area contributed by atoms with Gasteiger partial charge in [-0.25, -0.2) is 9.78 Å². The molecule has 5 rings (SSSR count). The van der Waals surface area contributed by atoms with E-state index in [-0.39, 0.29) is 71.9 Å². The standard InChI is InChI=1S/C19H25N8O9PS.Na/c20-12-1-2-26(19(31)23-12)14-4-9(10(5-28)34-14)36-37(32,38)33-6-11-8(29)3-13(35-11)27-7-22-15-16(27)24-18(21)25-17(15)30;/h1-2,7-11,13-14,28-29H,3-6H2,(H,32,38)(H2,20,23,31)(H3,21,24,25,30);/t8-,9-,10+,11+,13+,14+,37?;/m0./s1. The predicted molar refractivity (Wildman–Crippen MR) is 139 cm³/mol. The Morgan fingerprint density at radius 1 is 1.18 bits per heavy atom. The van der Waals surface area contributed by atoms with Crippen LogP contribution < -0.4 is 22.7 Å². The Morgan fingerprint density at radius 3 is 2.62 bits per heavy atom. The van der Waals surface area contributed by atoms with Crippen molar-refractivity contribution in [2.45, 2.75) is 49.7 Å². The van der Waals surface area contributed by atoms with Crippen LogP contribution in [0.25, 0.3) is 11.2 Å². The summed E-state index contributed by atoms with van der Waals surface area (Å²) in [5.74, 6) is -0.0542. The number of rotatable bonds is 8. The van der Waals surface area contributed by atoms with E-state index in [4.69, 9.17) is 41.8 Å². The predicted octanol–water partition coefficient (Wildman–Crippen LogP) is -2.29. The molecule has 1 radical (unpaired) electrons. The molecule has 2 aliphatic rings. The minimum Gasteiger partial charge on any atom is -0.394 e. The van der Waals surface area contributed by atoms with E-state index in [2.05, 4.69) is 19.9 Å². The van der Waals surface area contributed by atoms with E-state index < -0.39 is 61.4 Å². The van der Waals surface area contributed by atoms with E-state index in [0.29, 0.717) is 0 Å². The molecular weight excluding hydrogens is 570 g/mol. The number of fused-ring (bicyclic) bond motifs is 1. The van der Waals surface area contributed by atoms with E-state index in [9.17, 15) is 24.7 Å². The average molecular weight is 595 g/mol. The molecule has 5 heterocycles. The Hall–Kier alpha value is -1.80. The maximum Gasteiger partial charge on any atom is 0.351 e. The summed E-state index contributed by atoms with van der Waals surface area (Å²) in [6.45, 7) is -4.70. The van der Waals surface area contributed by atoms with E-state index >= 15 is 0 Å². The largest absolute Gasteiger partial charge is 0.394 e. The van der Waals surface area contributed by atoms with E-state index in [1.807, 2.05) is 0 Å². The number of nitrogens with one attached hydrogen (secondary N) is 1. The summed E-state index contributed by atoms with van der Waals surface area (Å²) in [6.07, 6.45) is -2.40. The molecular formula is C19H25N8NaO9PS. The Balaban J connectivity index is 0.00000353. The van der Waals surface area contributed by atoms with Gasteiger partial charge in [-0.15, -0.1) is 0 Å². The van der Waals surface area contributed by atoms with Crippen molar-refractivity contribution in [2.75, 3.05) is 24.7 Å². The van der Waals surface area contributed by atoms with Crippen molar-refractivity contribution in [1.29, 1.82) is 0 Å². The SMILES string of the molecule is Nc1ccn([C@H]2C[C@H](OP(O)(=S)OC[C@H]3O[C@@H](n4cnc5c(=O)[nH]c(N)nc54)C[C@@H]3O)[C@@H](CO)O2)c(=O)n1.[Na]. The summed E-state index contributed by atoms with van der Waals surface area (Å²) in [5, 5.41) is 20.2. The third kappa shape index (κ3) is 6.42. The van der Waals surface area contributed by atoms with Gasteiger partial charge in [0, 0.05) is 48.6 Å². The molecule has 2 saturated heterocycles. The van der Waals surface area contributed by atoms with Crippen LogP contribution in [0.1, 0.15) is 25.3 Å². The first-order valence-corrected chi connectivity index (χ1v) is 14.0. The average Bonchev–Trinajstić information content (AvgIpc) is 3.54. The van der Waals surface area contributed by atoms with Crippen LogP contribution in [-0.4, -0.2) is 111 Å². The smallest absolute Gasteiger partial charge is 0.351 e. The van der Waals surface area contributed by atoms with Crippen LogP contribution in [0.3, 0.4) is 0 Å². The molecule has 8 N–H and O–H groups in total. The number of aliphatic hydroxyl groups is 2. The summed E-state index contributed by atoms with van der Waals surface area (Å²) in [6, 6.07) is 1.42. The molecule has 2 fully saturated rings. The van der Waals surface area contributed by atoms with Crippen molar-refractivity contribution in [3.63, 3.8) is 0 Å². The number of aromatic nitrogens is 6. The van der Waals surface area contributed by atoms with Gasteiger partial charge in [-0.1, -0.05) is 0 Å². The van der Waals surface area contributed by atoms with Gasteiger partial charge >= 0.3 is 12.4 Å². The van der Waals surface area contributed by atoms with Crippen LogP contribution in [0, 0.1) is 0 Å². The van der Waals surface area contributed by atoms with Crippen LogP contribution in [0.15, 0.2) is 28.2 Å². The molecule has 0 amide bonds. The second kappa shape index (κ2) is 12.0. The number of nitrogens with two attached hydrogens (primary N) is 2. The van der Waals surface area contributed by atoms with Gasteiger partial charge in [0.05, 0.1) is 31.7 Å². The molecule has 0 aliphatic carbocycles. The fourth-order valence-electron chi connectivity index (χ4n) is 4.35. The quantitative estimate of drug-likeness (QED) is 0.118. The molecule has 7 atom stereocenters. The van der Waals surface area contributed by atoms with E-state index in [0.717, 1.165) is 0 Å². The van der Waals surface area contributed by atoms with Gasteiger partial charge in [0.1, 0.15) is 30.5 Å². The summed E-state index contributed by atoms with van der Waals surface area (Å²) in [5.41, 5.74) is 10.2. The summed E-state index contributed by atoms with van der Waals surface area (Å²) in [4.78, 5) is 48.9. The fraction of sp³-hybridized carbons (Fsp3) is 0.526. The maximum absolute atomic E-state index is 12.1. The molecule has 2 aliphatic heterocycles. The van der Waals surface area contributed by atoms with Crippen LogP contribution in [0.2, 0.25) is 0 Å². The number of hydrogen-bond acceptors (Lipinski definition) is 14. The third-order valence-corrected chi connectivity index (χ3v) is 7.74. The summed E-state index contributed by atoms with van der Waals surface area (Å²) < 4.78 is 25.2. The molecule has 20 heteroatoms. The first-order chi connectivity index (χ1) is 18.0. The maximum atomic E-state index is 12.1. The molecule has 0 aromatic carbocycles. The zero-order valence-electron chi connectivity index (χ0n) is 20.6. The summed E-state index contributed by atoms with van der Waals surface area (Å²) >= 11 is 5.13. The van der Waals surface area contributed by atoms with E-state index in [1.165, 1.54) is 27.7 Å². The number of nitrogens with zero attached hydrogens (tertiary/aromatic N) is 5. The first-order valence-electron chi connectivity index (χ1n) is 11.4. The topological polar surface area (TPSA) is 248 Å². The fourth-order valence-corrected chi connectivity index (χ4v) is 5.82. The Bertz CT molecular complexity index is 1500. The zero-order valence-corrected chi connectivity index (χ0v) is 24.3. The molecule has 0 saturated carbocycles. The molecule has 3 aromatic rings. The molecule has 207 valence electrons. The van der Waals surface area contributed by atoms with Gasteiger partial charge < -0.3 is 45.1 Å². The Labute approximate surface area is 246 Å².